The van der Waals surface area contributed by atoms with Crippen LogP contribution in [0.3, 0.4) is 0 Å². The topological polar surface area (TPSA) is 57.7 Å². The van der Waals surface area contributed by atoms with Crippen LogP contribution in [0.5, 0.6) is 0 Å². The van der Waals surface area contributed by atoms with E-state index in [1.54, 1.807) is 48.3 Å². The van der Waals surface area contributed by atoms with Gasteiger partial charge in [0, 0.05) is 42.7 Å². The standard InChI is InChI=1S/C20H21Cl3N2O3S/c1-24(20(26)13-3-6-15(21)7-4-13)19-9-10-25(29(2,27)28)12-16(19)14-5-8-17(22)18(23)11-14/h3-8,11,16,19H,9-10,12H2,1-2H3/t16-,19+/m0/s1. The first-order valence-corrected chi connectivity index (χ1v) is 12.0. The highest BCUT2D eigenvalue weighted by molar-refractivity contribution is 7.88. The van der Waals surface area contributed by atoms with Crippen LogP contribution in [-0.4, -0.2) is 56.0 Å². The van der Waals surface area contributed by atoms with Gasteiger partial charge in [0.1, 0.15) is 0 Å². The predicted molar refractivity (Wildman–Crippen MR) is 118 cm³/mol. The molecule has 0 aliphatic carbocycles. The molecule has 1 fully saturated rings. The molecular formula is C20H21Cl3N2O3S. The van der Waals surface area contributed by atoms with Crippen LogP contribution in [-0.2, 0) is 10.0 Å². The normalized spacial score (nSPS) is 20.4. The van der Waals surface area contributed by atoms with Crippen molar-refractivity contribution in [2.75, 3.05) is 26.4 Å². The Morgan fingerprint density at radius 2 is 1.72 bits per heavy atom. The third-order valence-corrected chi connectivity index (χ3v) is 7.55. The molecule has 2 aromatic rings. The van der Waals surface area contributed by atoms with E-state index in [0.29, 0.717) is 33.6 Å². The smallest absolute Gasteiger partial charge is 0.253 e. The second-order valence-electron chi connectivity index (χ2n) is 7.18. The van der Waals surface area contributed by atoms with Gasteiger partial charge in [0.05, 0.1) is 16.3 Å². The Hall–Kier alpha value is -1.31. The second-order valence-corrected chi connectivity index (χ2v) is 10.4. The van der Waals surface area contributed by atoms with Crippen molar-refractivity contribution in [1.29, 1.82) is 0 Å². The summed E-state index contributed by atoms with van der Waals surface area (Å²) in [6.07, 6.45) is 1.70. The summed E-state index contributed by atoms with van der Waals surface area (Å²) in [5.41, 5.74) is 1.36. The van der Waals surface area contributed by atoms with Crippen molar-refractivity contribution in [3.05, 3.63) is 68.7 Å². The molecule has 0 aromatic heterocycles. The van der Waals surface area contributed by atoms with Gasteiger partial charge in [-0.05, 0) is 48.4 Å². The SMILES string of the molecule is CN(C(=O)c1ccc(Cl)cc1)[C@@H]1CCN(S(C)(=O)=O)C[C@H]1c1ccc(Cl)c(Cl)c1. The minimum absolute atomic E-state index is 0.149. The van der Waals surface area contributed by atoms with Crippen molar-refractivity contribution < 1.29 is 13.2 Å². The Morgan fingerprint density at radius 1 is 1.07 bits per heavy atom. The molecule has 2 aromatic carbocycles. The van der Waals surface area contributed by atoms with Crippen molar-refractivity contribution in [1.82, 2.24) is 9.21 Å². The lowest BCUT2D eigenvalue weighted by molar-refractivity contribution is 0.0649. The zero-order chi connectivity index (χ0) is 21.3. The van der Waals surface area contributed by atoms with Gasteiger partial charge in [-0.2, -0.15) is 0 Å². The first kappa shape index (κ1) is 22.4. The molecule has 156 valence electrons. The van der Waals surface area contributed by atoms with E-state index in [9.17, 15) is 13.2 Å². The molecule has 1 aliphatic heterocycles. The number of hydrogen-bond acceptors (Lipinski definition) is 3. The van der Waals surface area contributed by atoms with E-state index < -0.39 is 10.0 Å². The zero-order valence-electron chi connectivity index (χ0n) is 16.0. The summed E-state index contributed by atoms with van der Waals surface area (Å²) < 4.78 is 25.7. The fourth-order valence-corrected chi connectivity index (χ4v) is 4.99. The van der Waals surface area contributed by atoms with Crippen LogP contribution in [0.1, 0.15) is 28.3 Å². The lowest BCUT2D eigenvalue weighted by Gasteiger charge is -2.42. The minimum atomic E-state index is -3.36. The number of nitrogens with zero attached hydrogens (tertiary/aromatic N) is 2. The van der Waals surface area contributed by atoms with Gasteiger partial charge in [0.25, 0.3) is 5.91 Å². The highest BCUT2D eigenvalue weighted by Crippen LogP contribution is 2.35. The van der Waals surface area contributed by atoms with Gasteiger partial charge in [0.15, 0.2) is 0 Å². The van der Waals surface area contributed by atoms with Crippen LogP contribution in [0.25, 0.3) is 0 Å². The van der Waals surface area contributed by atoms with Crippen molar-refractivity contribution in [3.63, 3.8) is 0 Å². The van der Waals surface area contributed by atoms with E-state index in [0.717, 1.165) is 5.56 Å². The summed E-state index contributed by atoms with van der Waals surface area (Å²) in [5.74, 6) is -0.390. The van der Waals surface area contributed by atoms with E-state index in [1.807, 2.05) is 6.07 Å². The quantitative estimate of drug-likeness (QED) is 0.652. The molecular weight excluding hydrogens is 455 g/mol. The molecule has 9 heteroatoms. The first-order chi connectivity index (χ1) is 13.6. The van der Waals surface area contributed by atoms with Crippen LogP contribution >= 0.6 is 34.8 Å². The maximum atomic E-state index is 13.0. The fraction of sp³-hybridized carbons (Fsp3) is 0.350. The van der Waals surface area contributed by atoms with E-state index in [-0.39, 0.29) is 24.4 Å². The average molecular weight is 476 g/mol. The van der Waals surface area contributed by atoms with Gasteiger partial charge in [-0.25, -0.2) is 12.7 Å². The van der Waals surface area contributed by atoms with Crippen LogP contribution < -0.4 is 0 Å². The zero-order valence-corrected chi connectivity index (χ0v) is 19.1. The summed E-state index contributed by atoms with van der Waals surface area (Å²) in [5, 5.41) is 1.37. The predicted octanol–water partition coefficient (Wildman–Crippen LogP) is 4.54. The number of sulfonamides is 1. The summed E-state index contributed by atoms with van der Waals surface area (Å²) in [6, 6.07) is 11.8. The van der Waals surface area contributed by atoms with E-state index in [4.69, 9.17) is 34.8 Å². The number of piperidine rings is 1. The van der Waals surface area contributed by atoms with Gasteiger partial charge >= 0.3 is 0 Å². The lowest BCUT2D eigenvalue weighted by atomic mass is 9.85. The van der Waals surface area contributed by atoms with Crippen molar-refractivity contribution in [3.8, 4) is 0 Å². The molecule has 0 saturated carbocycles. The second kappa shape index (κ2) is 8.82. The highest BCUT2D eigenvalue weighted by Gasteiger charge is 2.38. The molecule has 1 heterocycles. The van der Waals surface area contributed by atoms with Gasteiger partial charge in [0.2, 0.25) is 10.0 Å². The number of likely N-dealkylation sites (N-methyl/N-ethyl adjacent to an activating group) is 1. The van der Waals surface area contributed by atoms with Gasteiger partial charge < -0.3 is 4.90 Å². The number of halogens is 3. The van der Waals surface area contributed by atoms with Crippen molar-refractivity contribution in [2.45, 2.75) is 18.4 Å². The fourth-order valence-electron chi connectivity index (χ4n) is 3.69. The Kier molecular flexibility index (Phi) is 6.81. The Bertz CT molecular complexity index is 1010. The molecule has 3 rings (SSSR count). The van der Waals surface area contributed by atoms with Crippen LogP contribution in [0.4, 0.5) is 0 Å². The number of carbonyl (C=O) groups excluding carboxylic acids is 1. The summed E-state index contributed by atoms with van der Waals surface area (Å²) in [4.78, 5) is 14.7. The highest BCUT2D eigenvalue weighted by atomic mass is 35.5. The van der Waals surface area contributed by atoms with E-state index in [2.05, 4.69) is 0 Å². The number of amides is 1. The molecule has 0 bridgehead atoms. The van der Waals surface area contributed by atoms with Crippen LogP contribution in [0.2, 0.25) is 15.1 Å². The third-order valence-electron chi connectivity index (χ3n) is 5.29. The maximum Gasteiger partial charge on any atom is 0.253 e. The molecule has 0 unspecified atom stereocenters. The molecule has 0 radical (unpaired) electrons. The minimum Gasteiger partial charge on any atom is -0.338 e. The molecule has 5 nitrogen and oxygen atoms in total. The Labute approximate surface area is 186 Å². The molecule has 1 saturated heterocycles. The number of benzene rings is 2. The summed E-state index contributed by atoms with van der Waals surface area (Å²) >= 11 is 18.2. The largest absolute Gasteiger partial charge is 0.338 e. The molecule has 1 aliphatic rings. The molecule has 1 amide bonds. The summed E-state index contributed by atoms with van der Waals surface area (Å²) in [7, 11) is -1.62. The van der Waals surface area contributed by atoms with Crippen LogP contribution in [0, 0.1) is 0 Å². The average Bonchev–Trinajstić information content (AvgIpc) is 2.68. The van der Waals surface area contributed by atoms with Gasteiger partial charge in [-0.1, -0.05) is 40.9 Å². The third kappa shape index (κ3) is 5.06. The molecule has 0 N–H and O–H groups in total. The maximum absolute atomic E-state index is 13.0. The Balaban J connectivity index is 1.94. The number of carbonyl (C=O) groups is 1. The van der Waals surface area contributed by atoms with Gasteiger partial charge in [-0.15, -0.1) is 0 Å². The molecule has 0 spiro atoms. The number of hydrogen-bond donors (Lipinski definition) is 0. The van der Waals surface area contributed by atoms with Gasteiger partial charge in [-0.3, -0.25) is 4.79 Å². The monoisotopic (exact) mass is 474 g/mol. The number of rotatable bonds is 4. The van der Waals surface area contributed by atoms with E-state index in [1.165, 1.54) is 10.6 Å². The summed E-state index contributed by atoms with van der Waals surface area (Å²) in [6.45, 7) is 0.610. The van der Waals surface area contributed by atoms with E-state index >= 15 is 0 Å². The van der Waals surface area contributed by atoms with Crippen molar-refractivity contribution >= 4 is 50.7 Å². The van der Waals surface area contributed by atoms with Crippen molar-refractivity contribution in [2.24, 2.45) is 0 Å². The lowest BCUT2D eigenvalue weighted by Crippen LogP contribution is -2.51. The molecule has 2 atom stereocenters. The Morgan fingerprint density at radius 3 is 2.31 bits per heavy atom. The first-order valence-electron chi connectivity index (χ1n) is 9.00. The van der Waals surface area contributed by atoms with Crippen LogP contribution in [0.15, 0.2) is 42.5 Å². The molecule has 29 heavy (non-hydrogen) atoms.